The molecule has 2 heterocycles. The Labute approximate surface area is 133 Å². The van der Waals surface area contributed by atoms with Crippen LogP contribution in [0.2, 0.25) is 0 Å². The van der Waals surface area contributed by atoms with Crippen molar-refractivity contribution >= 4 is 17.9 Å². The highest BCUT2D eigenvalue weighted by atomic mass is 16.6. The van der Waals surface area contributed by atoms with Crippen molar-refractivity contribution in [1.82, 2.24) is 10.2 Å². The van der Waals surface area contributed by atoms with Gasteiger partial charge in [0.15, 0.2) is 11.5 Å². The molecule has 1 N–H and O–H groups in total. The third-order valence-corrected chi connectivity index (χ3v) is 3.62. The summed E-state index contributed by atoms with van der Waals surface area (Å²) in [5.41, 5.74) is 0.765. The maximum absolute atomic E-state index is 12.1. The number of amides is 2. The van der Waals surface area contributed by atoms with E-state index in [1.807, 2.05) is 0 Å². The maximum Gasteiger partial charge on any atom is 0.247 e. The molecule has 1 fully saturated rings. The van der Waals surface area contributed by atoms with Crippen LogP contribution in [0.4, 0.5) is 0 Å². The van der Waals surface area contributed by atoms with Crippen LogP contribution in [0.25, 0.3) is 6.08 Å². The van der Waals surface area contributed by atoms with Crippen LogP contribution in [0.5, 0.6) is 17.2 Å². The van der Waals surface area contributed by atoms with Gasteiger partial charge in [-0.15, -0.1) is 0 Å². The summed E-state index contributed by atoms with van der Waals surface area (Å²) in [6.45, 7) is 2.04. The van der Waals surface area contributed by atoms with E-state index in [-0.39, 0.29) is 18.4 Å². The zero-order chi connectivity index (χ0) is 16.2. The molecular weight excluding hydrogens is 300 g/mol. The minimum absolute atomic E-state index is 0.0909. The van der Waals surface area contributed by atoms with E-state index in [1.165, 1.54) is 11.0 Å². The van der Waals surface area contributed by atoms with Crippen LogP contribution in [0.3, 0.4) is 0 Å². The summed E-state index contributed by atoms with van der Waals surface area (Å²) in [4.78, 5) is 25.0. The van der Waals surface area contributed by atoms with Gasteiger partial charge in [0.2, 0.25) is 17.6 Å². The van der Waals surface area contributed by atoms with E-state index in [2.05, 4.69) is 5.32 Å². The molecule has 0 aliphatic carbocycles. The molecular formula is C16H18N2O5. The quantitative estimate of drug-likeness (QED) is 0.818. The maximum atomic E-state index is 12.1. The average molecular weight is 318 g/mol. The Morgan fingerprint density at radius 3 is 2.96 bits per heavy atom. The van der Waals surface area contributed by atoms with Gasteiger partial charge >= 0.3 is 0 Å². The Balaban J connectivity index is 1.76. The number of piperazine rings is 1. The van der Waals surface area contributed by atoms with Crippen molar-refractivity contribution < 1.29 is 23.8 Å². The lowest BCUT2D eigenvalue weighted by Gasteiger charge is -2.25. The van der Waals surface area contributed by atoms with Gasteiger partial charge in [-0.05, 0) is 23.8 Å². The molecule has 3 rings (SSSR count). The van der Waals surface area contributed by atoms with Crippen LogP contribution in [0.1, 0.15) is 5.56 Å². The number of nitrogens with one attached hydrogen (secondary N) is 1. The van der Waals surface area contributed by atoms with Gasteiger partial charge in [0.25, 0.3) is 0 Å². The second-order valence-corrected chi connectivity index (χ2v) is 5.19. The molecule has 0 radical (unpaired) electrons. The lowest BCUT2D eigenvalue weighted by molar-refractivity contribution is -0.134. The van der Waals surface area contributed by atoms with Gasteiger partial charge in [0.1, 0.15) is 13.2 Å². The number of rotatable bonds is 3. The molecule has 2 aliphatic rings. The third kappa shape index (κ3) is 3.39. The van der Waals surface area contributed by atoms with Crippen LogP contribution in [-0.4, -0.2) is 56.7 Å². The van der Waals surface area contributed by atoms with E-state index < -0.39 is 0 Å². The SMILES string of the molecule is COc1cc(/C=C/C(=O)N2CCNC(=O)C2)cc2c1OCCO2. The highest BCUT2D eigenvalue weighted by molar-refractivity contribution is 5.95. The van der Waals surface area contributed by atoms with Gasteiger partial charge in [0.05, 0.1) is 13.7 Å². The van der Waals surface area contributed by atoms with Crippen LogP contribution in [0.15, 0.2) is 18.2 Å². The Morgan fingerprint density at radius 1 is 1.35 bits per heavy atom. The fourth-order valence-corrected chi connectivity index (χ4v) is 2.49. The van der Waals surface area contributed by atoms with Crippen molar-refractivity contribution in [3.63, 3.8) is 0 Å². The average Bonchev–Trinajstić information content (AvgIpc) is 2.58. The van der Waals surface area contributed by atoms with Gasteiger partial charge in [-0.25, -0.2) is 0 Å². The third-order valence-electron chi connectivity index (χ3n) is 3.62. The highest BCUT2D eigenvalue weighted by Crippen LogP contribution is 2.40. The van der Waals surface area contributed by atoms with Crippen molar-refractivity contribution in [3.8, 4) is 17.2 Å². The zero-order valence-electron chi connectivity index (χ0n) is 12.8. The molecule has 23 heavy (non-hydrogen) atoms. The number of fused-ring (bicyclic) bond motifs is 1. The highest BCUT2D eigenvalue weighted by Gasteiger charge is 2.20. The Morgan fingerprint density at radius 2 is 2.17 bits per heavy atom. The first-order valence-corrected chi connectivity index (χ1v) is 7.38. The summed E-state index contributed by atoms with van der Waals surface area (Å²) in [6.07, 6.45) is 3.12. The number of carbonyl (C=O) groups is 2. The van der Waals surface area contributed by atoms with E-state index in [0.717, 1.165) is 5.56 Å². The number of carbonyl (C=O) groups excluding carboxylic acids is 2. The number of benzene rings is 1. The Kier molecular flexibility index (Phi) is 4.36. The smallest absolute Gasteiger partial charge is 0.247 e. The molecule has 0 aromatic heterocycles. The topological polar surface area (TPSA) is 77.1 Å². The van der Waals surface area contributed by atoms with E-state index in [9.17, 15) is 9.59 Å². The second kappa shape index (κ2) is 6.60. The molecule has 2 amide bonds. The van der Waals surface area contributed by atoms with Gasteiger partial charge in [-0.1, -0.05) is 0 Å². The first-order valence-electron chi connectivity index (χ1n) is 7.38. The van der Waals surface area contributed by atoms with Crippen LogP contribution < -0.4 is 19.5 Å². The lowest BCUT2D eigenvalue weighted by atomic mass is 10.1. The fraction of sp³-hybridized carbons (Fsp3) is 0.375. The largest absolute Gasteiger partial charge is 0.493 e. The van der Waals surface area contributed by atoms with Crippen molar-refractivity contribution in [2.75, 3.05) is 40.0 Å². The predicted octanol–water partition coefficient (Wildman–Crippen LogP) is 0.438. The molecule has 7 nitrogen and oxygen atoms in total. The van der Waals surface area contributed by atoms with Crippen molar-refractivity contribution in [2.24, 2.45) is 0 Å². The molecule has 2 aliphatic heterocycles. The van der Waals surface area contributed by atoms with E-state index in [4.69, 9.17) is 14.2 Å². The number of methoxy groups -OCH3 is 1. The van der Waals surface area contributed by atoms with Crippen LogP contribution in [0, 0.1) is 0 Å². The molecule has 0 unspecified atom stereocenters. The van der Waals surface area contributed by atoms with Crippen molar-refractivity contribution in [1.29, 1.82) is 0 Å². The molecule has 1 saturated heterocycles. The van der Waals surface area contributed by atoms with E-state index >= 15 is 0 Å². The van der Waals surface area contributed by atoms with E-state index in [1.54, 1.807) is 25.3 Å². The summed E-state index contributed by atoms with van der Waals surface area (Å²) in [7, 11) is 1.55. The zero-order valence-corrected chi connectivity index (χ0v) is 12.8. The van der Waals surface area contributed by atoms with Crippen LogP contribution >= 0.6 is 0 Å². The Bertz CT molecular complexity index is 639. The van der Waals surface area contributed by atoms with Crippen molar-refractivity contribution in [3.05, 3.63) is 23.8 Å². The Hall–Kier alpha value is -2.70. The minimum atomic E-state index is -0.200. The molecule has 0 saturated carbocycles. The fourth-order valence-electron chi connectivity index (χ4n) is 2.49. The first kappa shape index (κ1) is 15.2. The van der Waals surface area contributed by atoms with E-state index in [0.29, 0.717) is 43.6 Å². The standard InChI is InChI=1S/C16H18N2O5/c1-21-12-8-11(9-13-16(12)23-7-6-22-13)2-3-15(20)18-5-4-17-14(19)10-18/h2-3,8-9H,4-7,10H2,1H3,(H,17,19)/b3-2+. The summed E-state index contributed by atoms with van der Waals surface area (Å²) in [5, 5.41) is 2.69. The lowest BCUT2D eigenvalue weighted by Crippen LogP contribution is -2.49. The van der Waals surface area contributed by atoms with Gasteiger partial charge in [0, 0.05) is 19.2 Å². The van der Waals surface area contributed by atoms with Crippen molar-refractivity contribution in [2.45, 2.75) is 0 Å². The summed E-state index contributed by atoms with van der Waals surface area (Å²) < 4.78 is 16.4. The summed E-state index contributed by atoms with van der Waals surface area (Å²) >= 11 is 0. The van der Waals surface area contributed by atoms with Gasteiger partial charge in [-0.2, -0.15) is 0 Å². The number of hydrogen-bond acceptors (Lipinski definition) is 5. The molecule has 0 spiro atoms. The number of nitrogens with zero attached hydrogens (tertiary/aromatic N) is 1. The summed E-state index contributed by atoms with van der Waals surface area (Å²) in [6, 6.07) is 3.57. The summed E-state index contributed by atoms with van der Waals surface area (Å²) in [5.74, 6) is 1.40. The normalized spacial score (nSPS) is 17.1. The molecule has 0 bridgehead atoms. The number of ether oxygens (including phenoxy) is 3. The molecule has 0 atom stereocenters. The van der Waals surface area contributed by atoms with Gasteiger partial charge in [-0.3, -0.25) is 9.59 Å². The predicted molar refractivity (Wildman–Crippen MR) is 82.6 cm³/mol. The van der Waals surface area contributed by atoms with Gasteiger partial charge < -0.3 is 24.4 Å². The molecule has 122 valence electrons. The number of hydrogen-bond donors (Lipinski definition) is 1. The first-order chi connectivity index (χ1) is 11.2. The second-order valence-electron chi connectivity index (χ2n) is 5.19. The molecule has 7 heteroatoms. The monoisotopic (exact) mass is 318 g/mol. The molecule has 1 aromatic carbocycles. The minimum Gasteiger partial charge on any atom is -0.493 e. The molecule has 1 aromatic rings. The van der Waals surface area contributed by atoms with Crippen LogP contribution in [-0.2, 0) is 9.59 Å².